The Morgan fingerprint density at radius 1 is 1.62 bits per heavy atom. The van der Waals surface area contributed by atoms with Crippen LogP contribution in [0.2, 0.25) is 0 Å². The van der Waals surface area contributed by atoms with Crippen LogP contribution in [0.15, 0.2) is 10.5 Å². The second kappa shape index (κ2) is 4.48. The Bertz CT molecular complexity index is 268. The predicted octanol–water partition coefficient (Wildman–Crippen LogP) is 2.95. The lowest BCUT2D eigenvalue weighted by molar-refractivity contribution is 0.116. The maximum atomic E-state index is 12.1. The van der Waals surface area contributed by atoms with E-state index >= 15 is 0 Å². The van der Waals surface area contributed by atoms with Crippen molar-refractivity contribution in [2.45, 2.75) is 25.8 Å². The molecule has 0 aliphatic heterocycles. The third-order valence-electron chi connectivity index (χ3n) is 1.67. The van der Waals surface area contributed by atoms with Gasteiger partial charge in [-0.05, 0) is 28.9 Å². The van der Waals surface area contributed by atoms with Crippen molar-refractivity contribution in [2.24, 2.45) is 5.73 Å². The van der Waals surface area contributed by atoms with Gasteiger partial charge in [0.2, 0.25) is 0 Å². The first kappa shape index (κ1) is 11.1. The van der Waals surface area contributed by atoms with E-state index in [2.05, 4.69) is 15.9 Å². The summed E-state index contributed by atoms with van der Waals surface area (Å²) in [6.45, 7) is 1.94. The summed E-state index contributed by atoms with van der Waals surface area (Å²) in [5.41, 5.74) is 5.25. The lowest BCUT2D eigenvalue weighted by atomic mass is 10.2. The van der Waals surface area contributed by atoms with E-state index in [0.717, 1.165) is 14.2 Å². The van der Waals surface area contributed by atoms with E-state index in [-0.39, 0.29) is 6.42 Å². The fourth-order valence-electron chi connectivity index (χ4n) is 0.940. The van der Waals surface area contributed by atoms with E-state index in [0.29, 0.717) is 0 Å². The Kier molecular flexibility index (Phi) is 3.82. The van der Waals surface area contributed by atoms with Crippen molar-refractivity contribution >= 4 is 27.3 Å². The first-order valence-electron chi connectivity index (χ1n) is 3.79. The SMILES string of the molecule is Cc1sc(CC(N)C(F)F)cc1Br. The van der Waals surface area contributed by atoms with Crippen LogP contribution in [-0.2, 0) is 6.42 Å². The molecule has 0 aliphatic carbocycles. The van der Waals surface area contributed by atoms with Crippen LogP contribution < -0.4 is 5.73 Å². The molecule has 1 rings (SSSR count). The van der Waals surface area contributed by atoms with Crippen molar-refractivity contribution < 1.29 is 8.78 Å². The van der Waals surface area contributed by atoms with Crippen molar-refractivity contribution in [3.63, 3.8) is 0 Å². The van der Waals surface area contributed by atoms with Gasteiger partial charge >= 0.3 is 0 Å². The lowest BCUT2D eigenvalue weighted by Gasteiger charge is -2.07. The maximum Gasteiger partial charge on any atom is 0.253 e. The number of nitrogens with two attached hydrogens (primary N) is 1. The largest absolute Gasteiger partial charge is 0.323 e. The van der Waals surface area contributed by atoms with Crippen LogP contribution in [0.5, 0.6) is 0 Å². The van der Waals surface area contributed by atoms with Crippen molar-refractivity contribution in [1.82, 2.24) is 0 Å². The van der Waals surface area contributed by atoms with Gasteiger partial charge in [0.15, 0.2) is 0 Å². The fourth-order valence-corrected chi connectivity index (χ4v) is 2.61. The normalized spacial score (nSPS) is 13.7. The van der Waals surface area contributed by atoms with Crippen molar-refractivity contribution in [3.05, 3.63) is 20.3 Å². The number of aryl methyl sites for hydroxylation is 1. The van der Waals surface area contributed by atoms with Crippen LogP contribution in [-0.4, -0.2) is 12.5 Å². The van der Waals surface area contributed by atoms with Gasteiger partial charge in [0.25, 0.3) is 6.43 Å². The second-order valence-electron chi connectivity index (χ2n) is 2.82. The van der Waals surface area contributed by atoms with E-state index in [1.165, 1.54) is 11.3 Å². The molecule has 1 aromatic rings. The highest BCUT2D eigenvalue weighted by Gasteiger charge is 2.16. The summed E-state index contributed by atoms with van der Waals surface area (Å²) in [5.74, 6) is 0. The Morgan fingerprint density at radius 3 is 2.62 bits per heavy atom. The molecule has 74 valence electrons. The van der Waals surface area contributed by atoms with Gasteiger partial charge < -0.3 is 5.73 Å². The molecule has 1 heterocycles. The zero-order valence-electron chi connectivity index (χ0n) is 7.06. The second-order valence-corrected chi connectivity index (χ2v) is 5.01. The molecule has 13 heavy (non-hydrogen) atoms. The molecule has 0 fully saturated rings. The molecule has 1 nitrogen and oxygen atoms in total. The molecule has 0 spiro atoms. The molecule has 0 aliphatic rings. The van der Waals surface area contributed by atoms with Gasteiger partial charge in [-0.1, -0.05) is 0 Å². The zero-order valence-corrected chi connectivity index (χ0v) is 9.46. The molecule has 5 heteroatoms. The molecule has 0 aromatic carbocycles. The molecule has 0 saturated heterocycles. The highest BCUT2D eigenvalue weighted by atomic mass is 79.9. The number of halogens is 3. The standard InChI is InChI=1S/C8H10BrF2NS/c1-4-6(9)2-5(13-4)3-7(12)8(10)11/h2,7-8H,3,12H2,1H3. The minimum atomic E-state index is -2.44. The van der Waals surface area contributed by atoms with Crippen LogP contribution in [0.1, 0.15) is 9.75 Å². The zero-order chi connectivity index (χ0) is 10.0. The van der Waals surface area contributed by atoms with Crippen molar-refractivity contribution in [1.29, 1.82) is 0 Å². The molecule has 1 unspecified atom stereocenters. The lowest BCUT2D eigenvalue weighted by Crippen LogP contribution is -2.30. The number of rotatable bonds is 3. The molecule has 0 bridgehead atoms. The summed E-state index contributed by atoms with van der Waals surface area (Å²) < 4.78 is 25.1. The van der Waals surface area contributed by atoms with Crippen LogP contribution in [0, 0.1) is 6.92 Å². The van der Waals surface area contributed by atoms with E-state index in [9.17, 15) is 8.78 Å². The van der Waals surface area contributed by atoms with Crippen molar-refractivity contribution in [2.75, 3.05) is 0 Å². The third-order valence-corrected chi connectivity index (χ3v) is 3.83. The Morgan fingerprint density at radius 2 is 2.23 bits per heavy atom. The van der Waals surface area contributed by atoms with Gasteiger partial charge in [0, 0.05) is 20.6 Å². The molecule has 1 atom stereocenters. The summed E-state index contributed by atoms with van der Waals surface area (Å²) in [4.78, 5) is 1.99. The Balaban J connectivity index is 2.64. The fraction of sp³-hybridized carbons (Fsp3) is 0.500. The summed E-state index contributed by atoms with van der Waals surface area (Å²) in [7, 11) is 0. The number of thiophene rings is 1. The van der Waals surface area contributed by atoms with Crippen LogP contribution in [0.3, 0.4) is 0 Å². The average Bonchev–Trinajstić information content (AvgIpc) is 2.31. The Hall–Kier alpha value is -0.0000000000000000555. The predicted molar refractivity (Wildman–Crippen MR) is 54.4 cm³/mol. The van der Waals surface area contributed by atoms with Gasteiger partial charge in [-0.25, -0.2) is 8.78 Å². The minimum absolute atomic E-state index is 0.245. The van der Waals surface area contributed by atoms with Gasteiger partial charge in [0.1, 0.15) is 0 Å². The van der Waals surface area contributed by atoms with Crippen LogP contribution in [0.4, 0.5) is 8.78 Å². The summed E-state index contributed by atoms with van der Waals surface area (Å²) in [6, 6.07) is 0.798. The average molecular weight is 270 g/mol. The maximum absolute atomic E-state index is 12.1. The molecule has 2 N–H and O–H groups in total. The quantitative estimate of drug-likeness (QED) is 0.897. The van der Waals surface area contributed by atoms with Gasteiger partial charge in [-0.3, -0.25) is 0 Å². The monoisotopic (exact) mass is 269 g/mol. The highest BCUT2D eigenvalue weighted by Crippen LogP contribution is 2.27. The first-order chi connectivity index (χ1) is 6.00. The molecular formula is C8H10BrF2NS. The minimum Gasteiger partial charge on any atom is -0.323 e. The third kappa shape index (κ3) is 3.00. The van der Waals surface area contributed by atoms with Gasteiger partial charge in [-0.15, -0.1) is 11.3 Å². The number of alkyl halides is 2. The van der Waals surface area contributed by atoms with Gasteiger partial charge in [0.05, 0.1) is 6.04 Å². The molecular weight excluding hydrogens is 260 g/mol. The van der Waals surface area contributed by atoms with E-state index in [1.807, 2.05) is 13.0 Å². The number of hydrogen-bond donors (Lipinski definition) is 1. The molecule has 0 radical (unpaired) electrons. The van der Waals surface area contributed by atoms with Gasteiger partial charge in [-0.2, -0.15) is 0 Å². The van der Waals surface area contributed by atoms with E-state index in [1.54, 1.807) is 0 Å². The summed E-state index contributed by atoms with van der Waals surface area (Å²) in [5, 5.41) is 0. The molecule has 0 saturated carbocycles. The smallest absolute Gasteiger partial charge is 0.253 e. The first-order valence-corrected chi connectivity index (χ1v) is 5.40. The van der Waals surface area contributed by atoms with E-state index < -0.39 is 12.5 Å². The Labute approximate surface area is 88.1 Å². The van der Waals surface area contributed by atoms with Crippen LogP contribution >= 0.6 is 27.3 Å². The van der Waals surface area contributed by atoms with Crippen molar-refractivity contribution in [3.8, 4) is 0 Å². The topological polar surface area (TPSA) is 26.0 Å². The summed E-state index contributed by atoms with van der Waals surface area (Å²) >= 11 is 4.82. The molecule has 0 amide bonds. The van der Waals surface area contributed by atoms with Crippen LogP contribution in [0.25, 0.3) is 0 Å². The highest BCUT2D eigenvalue weighted by molar-refractivity contribution is 9.10. The summed E-state index contributed by atoms with van der Waals surface area (Å²) in [6.07, 6.45) is -2.20. The molecule has 1 aromatic heterocycles. The van der Waals surface area contributed by atoms with E-state index in [4.69, 9.17) is 5.73 Å². The number of hydrogen-bond acceptors (Lipinski definition) is 2.